The van der Waals surface area contributed by atoms with Crippen LogP contribution in [-0.4, -0.2) is 18.4 Å². The summed E-state index contributed by atoms with van der Waals surface area (Å²) in [6.07, 6.45) is 2.11. The first kappa shape index (κ1) is 14.6. The van der Waals surface area contributed by atoms with Gasteiger partial charge in [-0.25, -0.2) is 0 Å². The van der Waals surface area contributed by atoms with Gasteiger partial charge in [0.05, 0.1) is 6.42 Å². The number of rotatable bonds is 5. The number of amides is 2. The second kappa shape index (κ2) is 6.07. The first-order valence-electron chi connectivity index (χ1n) is 7.34. The van der Waals surface area contributed by atoms with E-state index in [1.54, 1.807) is 4.90 Å². The third-order valence-corrected chi connectivity index (χ3v) is 3.95. The van der Waals surface area contributed by atoms with E-state index in [0.29, 0.717) is 13.0 Å². The number of fused-ring (bicyclic) bond motifs is 1. The number of nitrogens with one attached hydrogen (secondary N) is 1. The SMILES string of the molecule is CCC(CC)C(=O)Nc1ccc2c(c1)CC(=O)N2CC. The summed E-state index contributed by atoms with van der Waals surface area (Å²) in [4.78, 5) is 25.7. The Hall–Kier alpha value is -1.84. The van der Waals surface area contributed by atoms with Crippen LogP contribution in [0.2, 0.25) is 0 Å². The van der Waals surface area contributed by atoms with Gasteiger partial charge < -0.3 is 10.2 Å². The summed E-state index contributed by atoms with van der Waals surface area (Å²) in [6.45, 7) is 6.70. The zero-order valence-electron chi connectivity index (χ0n) is 12.4. The summed E-state index contributed by atoms with van der Waals surface area (Å²) in [5, 5.41) is 2.95. The lowest BCUT2D eigenvalue weighted by atomic mass is 10.0. The molecule has 0 aliphatic carbocycles. The molecule has 2 rings (SSSR count). The van der Waals surface area contributed by atoms with Crippen LogP contribution in [0.4, 0.5) is 11.4 Å². The number of carbonyl (C=O) groups is 2. The minimum Gasteiger partial charge on any atom is -0.326 e. The number of hydrogen-bond donors (Lipinski definition) is 1. The lowest BCUT2D eigenvalue weighted by Gasteiger charge is -2.16. The van der Waals surface area contributed by atoms with Crippen LogP contribution in [0.5, 0.6) is 0 Å². The summed E-state index contributed by atoms with van der Waals surface area (Å²) >= 11 is 0. The van der Waals surface area contributed by atoms with Crippen LogP contribution in [-0.2, 0) is 16.0 Å². The monoisotopic (exact) mass is 274 g/mol. The molecule has 0 radical (unpaired) electrons. The van der Waals surface area contributed by atoms with Gasteiger partial charge in [-0.2, -0.15) is 0 Å². The number of likely N-dealkylation sites (N-methyl/N-ethyl adjacent to an activating group) is 1. The summed E-state index contributed by atoms with van der Waals surface area (Å²) < 4.78 is 0. The molecule has 1 aromatic carbocycles. The van der Waals surface area contributed by atoms with Crippen LogP contribution in [0.1, 0.15) is 39.2 Å². The van der Waals surface area contributed by atoms with Crippen molar-refractivity contribution in [3.63, 3.8) is 0 Å². The maximum absolute atomic E-state index is 12.1. The second-order valence-electron chi connectivity index (χ2n) is 5.16. The van der Waals surface area contributed by atoms with Crippen LogP contribution in [0.3, 0.4) is 0 Å². The summed E-state index contributed by atoms with van der Waals surface area (Å²) in [5.74, 6) is 0.245. The topological polar surface area (TPSA) is 49.4 Å². The molecule has 1 aliphatic heterocycles. The van der Waals surface area contributed by atoms with E-state index in [0.717, 1.165) is 29.8 Å². The van der Waals surface area contributed by atoms with Crippen molar-refractivity contribution in [3.8, 4) is 0 Å². The van der Waals surface area contributed by atoms with Gasteiger partial charge in [-0.1, -0.05) is 13.8 Å². The van der Waals surface area contributed by atoms with E-state index in [2.05, 4.69) is 5.32 Å². The molecule has 20 heavy (non-hydrogen) atoms. The molecule has 0 atom stereocenters. The second-order valence-corrected chi connectivity index (χ2v) is 5.16. The van der Waals surface area contributed by atoms with E-state index in [1.807, 2.05) is 39.0 Å². The van der Waals surface area contributed by atoms with Crippen molar-refractivity contribution in [2.45, 2.75) is 40.0 Å². The van der Waals surface area contributed by atoms with E-state index < -0.39 is 0 Å². The minimum absolute atomic E-state index is 0.0528. The number of benzene rings is 1. The molecule has 0 spiro atoms. The predicted octanol–water partition coefficient (Wildman–Crippen LogP) is 2.97. The molecule has 0 saturated heterocycles. The fraction of sp³-hybridized carbons (Fsp3) is 0.500. The highest BCUT2D eigenvalue weighted by molar-refractivity contribution is 6.02. The van der Waals surface area contributed by atoms with E-state index in [-0.39, 0.29) is 17.7 Å². The number of nitrogens with zero attached hydrogens (tertiary/aromatic N) is 1. The van der Waals surface area contributed by atoms with E-state index in [4.69, 9.17) is 0 Å². The van der Waals surface area contributed by atoms with Gasteiger partial charge >= 0.3 is 0 Å². The number of anilines is 2. The molecular formula is C16H22N2O2. The number of hydrogen-bond acceptors (Lipinski definition) is 2. The highest BCUT2D eigenvalue weighted by atomic mass is 16.2. The van der Waals surface area contributed by atoms with Gasteiger partial charge in [0.1, 0.15) is 0 Å². The molecule has 2 amide bonds. The van der Waals surface area contributed by atoms with Crippen molar-refractivity contribution in [2.75, 3.05) is 16.8 Å². The molecule has 0 fully saturated rings. The fourth-order valence-corrected chi connectivity index (χ4v) is 2.71. The Morgan fingerprint density at radius 1 is 1.30 bits per heavy atom. The van der Waals surface area contributed by atoms with Crippen LogP contribution in [0, 0.1) is 5.92 Å². The average molecular weight is 274 g/mol. The Morgan fingerprint density at radius 3 is 2.60 bits per heavy atom. The van der Waals surface area contributed by atoms with Gasteiger partial charge in [0.15, 0.2) is 0 Å². The first-order chi connectivity index (χ1) is 9.60. The van der Waals surface area contributed by atoms with Crippen LogP contribution >= 0.6 is 0 Å². The predicted molar refractivity (Wildman–Crippen MR) is 80.9 cm³/mol. The number of carbonyl (C=O) groups excluding carboxylic acids is 2. The van der Waals surface area contributed by atoms with Gasteiger partial charge in [-0.15, -0.1) is 0 Å². The van der Waals surface area contributed by atoms with Gasteiger partial charge in [-0.05, 0) is 43.5 Å². The molecule has 4 nitrogen and oxygen atoms in total. The van der Waals surface area contributed by atoms with Crippen LogP contribution in [0.25, 0.3) is 0 Å². The molecule has 1 aromatic rings. The Balaban J connectivity index is 2.15. The lowest BCUT2D eigenvalue weighted by molar-refractivity contribution is -0.120. The normalized spacial score (nSPS) is 13.8. The van der Waals surface area contributed by atoms with Crippen molar-refractivity contribution in [1.29, 1.82) is 0 Å². The lowest BCUT2D eigenvalue weighted by Crippen LogP contribution is -2.25. The van der Waals surface area contributed by atoms with E-state index in [1.165, 1.54) is 0 Å². The van der Waals surface area contributed by atoms with Gasteiger partial charge in [-0.3, -0.25) is 9.59 Å². The zero-order valence-corrected chi connectivity index (χ0v) is 12.4. The summed E-state index contributed by atoms with van der Waals surface area (Å²) in [6, 6.07) is 5.72. The summed E-state index contributed by atoms with van der Waals surface area (Å²) in [5.41, 5.74) is 2.75. The van der Waals surface area contributed by atoms with Gasteiger partial charge in [0.2, 0.25) is 11.8 Å². The van der Waals surface area contributed by atoms with Crippen molar-refractivity contribution in [2.24, 2.45) is 5.92 Å². The molecular weight excluding hydrogens is 252 g/mol. The molecule has 0 saturated carbocycles. The molecule has 108 valence electrons. The van der Waals surface area contributed by atoms with E-state index >= 15 is 0 Å². The first-order valence-corrected chi connectivity index (χ1v) is 7.34. The largest absolute Gasteiger partial charge is 0.326 e. The highest BCUT2D eigenvalue weighted by Crippen LogP contribution is 2.31. The highest BCUT2D eigenvalue weighted by Gasteiger charge is 2.26. The van der Waals surface area contributed by atoms with Gasteiger partial charge in [0.25, 0.3) is 0 Å². The Morgan fingerprint density at radius 2 is 2.00 bits per heavy atom. The fourth-order valence-electron chi connectivity index (χ4n) is 2.71. The molecule has 0 bridgehead atoms. The minimum atomic E-state index is 0.0528. The third-order valence-electron chi connectivity index (χ3n) is 3.95. The molecule has 1 heterocycles. The third kappa shape index (κ3) is 2.69. The Labute approximate surface area is 120 Å². The van der Waals surface area contributed by atoms with Crippen LogP contribution in [0.15, 0.2) is 18.2 Å². The maximum atomic E-state index is 12.1. The molecule has 0 aromatic heterocycles. The Kier molecular flexibility index (Phi) is 4.42. The van der Waals surface area contributed by atoms with Crippen LogP contribution < -0.4 is 10.2 Å². The standard InChI is InChI=1S/C16H22N2O2/c1-4-11(5-2)16(20)17-13-7-8-14-12(9-13)10-15(19)18(14)6-3/h7-9,11H,4-6,10H2,1-3H3,(H,17,20). The quantitative estimate of drug-likeness (QED) is 0.897. The van der Waals surface area contributed by atoms with Crippen molar-refractivity contribution in [1.82, 2.24) is 0 Å². The van der Waals surface area contributed by atoms with Gasteiger partial charge in [0, 0.05) is 23.8 Å². The van der Waals surface area contributed by atoms with Crippen molar-refractivity contribution in [3.05, 3.63) is 23.8 Å². The van der Waals surface area contributed by atoms with Crippen molar-refractivity contribution >= 4 is 23.2 Å². The molecule has 1 N–H and O–H groups in total. The summed E-state index contributed by atoms with van der Waals surface area (Å²) in [7, 11) is 0. The Bertz CT molecular complexity index is 521. The molecule has 0 unspecified atom stereocenters. The maximum Gasteiger partial charge on any atom is 0.231 e. The van der Waals surface area contributed by atoms with Crippen molar-refractivity contribution < 1.29 is 9.59 Å². The smallest absolute Gasteiger partial charge is 0.231 e. The average Bonchev–Trinajstić information content (AvgIpc) is 2.74. The molecule has 4 heteroatoms. The molecule has 1 aliphatic rings. The van der Waals surface area contributed by atoms with E-state index in [9.17, 15) is 9.59 Å². The zero-order chi connectivity index (χ0) is 14.7.